The molecule has 1 heterocycles. The van der Waals surface area contributed by atoms with Crippen LogP contribution in [0.15, 0.2) is 24.3 Å². The number of anilines is 1. The Labute approximate surface area is 115 Å². The van der Waals surface area contributed by atoms with Gasteiger partial charge in [0.15, 0.2) is 9.84 Å². The lowest BCUT2D eigenvalue weighted by Crippen LogP contribution is -2.32. The normalized spacial score (nSPS) is 23.2. The van der Waals surface area contributed by atoms with Crippen molar-refractivity contribution in [3.63, 3.8) is 0 Å². The van der Waals surface area contributed by atoms with Crippen LogP contribution in [-0.2, 0) is 9.84 Å². The Hall–Kier alpha value is -1.07. The largest absolute Gasteiger partial charge is 0.371 e. The summed E-state index contributed by atoms with van der Waals surface area (Å²) in [6.45, 7) is 2.06. The van der Waals surface area contributed by atoms with Gasteiger partial charge in [0, 0.05) is 24.8 Å². The van der Waals surface area contributed by atoms with Crippen LogP contribution < -0.4 is 10.6 Å². The van der Waals surface area contributed by atoms with Crippen molar-refractivity contribution >= 4 is 15.5 Å². The number of nitrogens with zero attached hydrogens (tertiary/aromatic N) is 1. The molecule has 1 aliphatic heterocycles. The zero-order chi connectivity index (χ0) is 14.0. The van der Waals surface area contributed by atoms with E-state index in [2.05, 4.69) is 11.8 Å². The quantitative estimate of drug-likeness (QED) is 0.913. The van der Waals surface area contributed by atoms with Gasteiger partial charge in [-0.1, -0.05) is 19.1 Å². The van der Waals surface area contributed by atoms with E-state index in [1.54, 1.807) is 0 Å². The highest BCUT2D eigenvalue weighted by molar-refractivity contribution is 7.91. The molecule has 4 nitrogen and oxygen atoms in total. The lowest BCUT2D eigenvalue weighted by Gasteiger charge is -2.26. The third-order valence-electron chi connectivity index (χ3n) is 3.92. The summed E-state index contributed by atoms with van der Waals surface area (Å²) in [4.78, 5) is 2.06. The van der Waals surface area contributed by atoms with E-state index in [0.29, 0.717) is 5.75 Å². The van der Waals surface area contributed by atoms with Gasteiger partial charge in [0.25, 0.3) is 0 Å². The summed E-state index contributed by atoms with van der Waals surface area (Å²) in [5.74, 6) is 0.570. The summed E-state index contributed by atoms with van der Waals surface area (Å²) in [6, 6.07) is 8.28. The highest BCUT2D eigenvalue weighted by Crippen LogP contribution is 2.24. The smallest absolute Gasteiger partial charge is 0.152 e. The van der Waals surface area contributed by atoms with Crippen LogP contribution in [0.5, 0.6) is 0 Å². The van der Waals surface area contributed by atoms with Crippen LogP contribution in [0.2, 0.25) is 0 Å². The van der Waals surface area contributed by atoms with Crippen molar-refractivity contribution in [2.24, 2.45) is 5.73 Å². The van der Waals surface area contributed by atoms with Crippen molar-refractivity contribution in [2.75, 3.05) is 23.5 Å². The van der Waals surface area contributed by atoms with E-state index in [9.17, 15) is 8.42 Å². The van der Waals surface area contributed by atoms with Gasteiger partial charge in [0.05, 0.1) is 11.5 Å². The summed E-state index contributed by atoms with van der Waals surface area (Å²) in [5, 5.41) is 0. The topological polar surface area (TPSA) is 63.4 Å². The van der Waals surface area contributed by atoms with Gasteiger partial charge in [-0.05, 0) is 30.5 Å². The Morgan fingerprint density at radius 2 is 2.00 bits per heavy atom. The second-order valence-corrected chi connectivity index (χ2v) is 7.50. The van der Waals surface area contributed by atoms with E-state index >= 15 is 0 Å². The average molecular weight is 282 g/mol. The molecule has 1 aromatic carbocycles. The van der Waals surface area contributed by atoms with Crippen molar-refractivity contribution in [1.82, 2.24) is 0 Å². The number of sulfone groups is 1. The van der Waals surface area contributed by atoms with E-state index in [-0.39, 0.29) is 17.8 Å². The van der Waals surface area contributed by atoms with Crippen LogP contribution in [0.1, 0.15) is 31.4 Å². The van der Waals surface area contributed by atoms with Crippen LogP contribution in [-0.4, -0.2) is 33.0 Å². The Morgan fingerprint density at radius 3 is 2.47 bits per heavy atom. The van der Waals surface area contributed by atoms with Gasteiger partial charge in [0.2, 0.25) is 0 Å². The first-order valence-corrected chi connectivity index (χ1v) is 8.54. The Bertz CT molecular complexity index is 525. The molecule has 19 heavy (non-hydrogen) atoms. The molecule has 2 atom stereocenters. The molecule has 0 aliphatic carbocycles. The van der Waals surface area contributed by atoms with Crippen LogP contribution in [0.3, 0.4) is 0 Å². The zero-order valence-corrected chi connectivity index (χ0v) is 12.4. The molecule has 1 unspecified atom stereocenters. The van der Waals surface area contributed by atoms with Gasteiger partial charge in [-0.25, -0.2) is 8.42 Å². The molecule has 2 rings (SSSR count). The van der Waals surface area contributed by atoms with E-state index in [1.165, 1.54) is 0 Å². The summed E-state index contributed by atoms with van der Waals surface area (Å²) >= 11 is 0. The lowest BCUT2D eigenvalue weighted by molar-refractivity contribution is 0.601. The lowest BCUT2D eigenvalue weighted by atomic mass is 10.0. The van der Waals surface area contributed by atoms with Gasteiger partial charge < -0.3 is 10.6 Å². The molecule has 0 radical (unpaired) electrons. The maximum absolute atomic E-state index is 11.5. The third-order valence-corrected chi connectivity index (χ3v) is 5.67. The second kappa shape index (κ2) is 5.51. The molecule has 5 heteroatoms. The summed E-state index contributed by atoms with van der Waals surface area (Å²) in [5.41, 5.74) is 8.16. The maximum atomic E-state index is 11.5. The monoisotopic (exact) mass is 282 g/mol. The highest BCUT2D eigenvalue weighted by Gasteiger charge is 2.30. The summed E-state index contributed by atoms with van der Waals surface area (Å²) in [6.07, 6.45) is 1.63. The molecule has 2 N–H and O–H groups in total. The minimum Gasteiger partial charge on any atom is -0.371 e. The zero-order valence-electron chi connectivity index (χ0n) is 11.5. The predicted octanol–water partition coefficient (Wildman–Crippen LogP) is 1.72. The summed E-state index contributed by atoms with van der Waals surface area (Å²) < 4.78 is 23.0. The van der Waals surface area contributed by atoms with Crippen molar-refractivity contribution in [3.05, 3.63) is 29.8 Å². The highest BCUT2D eigenvalue weighted by atomic mass is 32.2. The minimum absolute atomic E-state index is 0.0752. The number of hydrogen-bond donors (Lipinski definition) is 1. The molecule has 0 aromatic heterocycles. The molecule has 0 spiro atoms. The maximum Gasteiger partial charge on any atom is 0.152 e. The van der Waals surface area contributed by atoms with E-state index in [4.69, 9.17) is 5.73 Å². The first-order valence-electron chi connectivity index (χ1n) is 6.71. The van der Waals surface area contributed by atoms with Gasteiger partial charge in [0.1, 0.15) is 0 Å². The van der Waals surface area contributed by atoms with Crippen molar-refractivity contribution < 1.29 is 8.42 Å². The molecule has 106 valence electrons. The average Bonchev–Trinajstić information content (AvgIpc) is 2.77. The fourth-order valence-corrected chi connectivity index (χ4v) is 4.26. The van der Waals surface area contributed by atoms with Crippen LogP contribution in [0.25, 0.3) is 0 Å². The molecule has 1 saturated heterocycles. The molecule has 0 amide bonds. The van der Waals surface area contributed by atoms with E-state index < -0.39 is 9.84 Å². The molecular formula is C14H22N2O2S. The molecule has 1 aromatic rings. The SMILES string of the molecule is CC[C@@H](N)c1ccc(N(C)C2CCS(=O)(=O)C2)cc1. The molecule has 0 saturated carbocycles. The molecular weight excluding hydrogens is 260 g/mol. The fourth-order valence-electron chi connectivity index (χ4n) is 2.48. The fraction of sp³-hybridized carbons (Fsp3) is 0.571. The number of nitrogens with two attached hydrogens (primary N) is 1. The molecule has 1 fully saturated rings. The summed E-state index contributed by atoms with van der Waals surface area (Å²) in [7, 11) is -0.877. The van der Waals surface area contributed by atoms with E-state index in [1.807, 2.05) is 31.3 Å². The first-order chi connectivity index (χ1) is 8.93. The predicted molar refractivity (Wildman–Crippen MR) is 79.1 cm³/mol. The number of hydrogen-bond acceptors (Lipinski definition) is 4. The van der Waals surface area contributed by atoms with Crippen molar-refractivity contribution in [1.29, 1.82) is 0 Å². The van der Waals surface area contributed by atoms with Crippen molar-refractivity contribution in [3.8, 4) is 0 Å². The number of benzene rings is 1. The van der Waals surface area contributed by atoms with E-state index in [0.717, 1.165) is 24.1 Å². The van der Waals surface area contributed by atoms with Crippen LogP contribution >= 0.6 is 0 Å². The van der Waals surface area contributed by atoms with Gasteiger partial charge in [-0.3, -0.25) is 0 Å². The van der Waals surface area contributed by atoms with Crippen LogP contribution in [0.4, 0.5) is 5.69 Å². The Balaban J connectivity index is 2.10. The number of rotatable bonds is 4. The molecule has 0 bridgehead atoms. The van der Waals surface area contributed by atoms with Crippen LogP contribution in [0, 0.1) is 0 Å². The first kappa shape index (κ1) is 14.3. The Kier molecular flexibility index (Phi) is 4.16. The van der Waals surface area contributed by atoms with Crippen molar-refractivity contribution in [2.45, 2.75) is 31.8 Å². The van der Waals surface area contributed by atoms with Gasteiger partial charge in [-0.15, -0.1) is 0 Å². The van der Waals surface area contributed by atoms with Gasteiger partial charge >= 0.3 is 0 Å². The molecule has 1 aliphatic rings. The third kappa shape index (κ3) is 3.28. The Morgan fingerprint density at radius 1 is 1.37 bits per heavy atom. The minimum atomic E-state index is -2.84. The second-order valence-electron chi connectivity index (χ2n) is 5.27. The van der Waals surface area contributed by atoms with Gasteiger partial charge in [-0.2, -0.15) is 0 Å². The standard InChI is InChI=1S/C14H22N2O2S/c1-3-14(15)11-4-6-12(7-5-11)16(2)13-8-9-19(17,18)10-13/h4-7,13-14H,3,8-10,15H2,1-2H3/t13?,14-/m1/s1.